The van der Waals surface area contributed by atoms with Gasteiger partial charge in [0.25, 0.3) is 0 Å². The molecule has 26 heavy (non-hydrogen) atoms. The van der Waals surface area contributed by atoms with Crippen LogP contribution in [0.2, 0.25) is 5.15 Å². The second-order valence-electron chi connectivity index (χ2n) is 6.57. The van der Waals surface area contributed by atoms with Crippen LogP contribution in [-0.2, 0) is 0 Å². The number of halogens is 1. The largest absolute Gasteiger partial charge is 0.422 e. The third-order valence-corrected chi connectivity index (χ3v) is 5.36. The molecule has 0 aliphatic carbocycles. The lowest BCUT2D eigenvalue weighted by atomic mass is 9.80. The lowest BCUT2D eigenvalue weighted by molar-refractivity contribution is 0.436. The molecule has 2 atom stereocenters. The number of nitriles is 1. The zero-order valence-electron chi connectivity index (χ0n) is 14.5. The summed E-state index contributed by atoms with van der Waals surface area (Å²) in [5.41, 5.74) is 5.30. The zero-order valence-corrected chi connectivity index (χ0v) is 15.3. The minimum Gasteiger partial charge on any atom is -0.422 e. The summed E-state index contributed by atoms with van der Waals surface area (Å²) in [6, 6.07) is 8.18. The van der Waals surface area contributed by atoms with Gasteiger partial charge in [-0.15, -0.1) is 5.10 Å². The number of fused-ring (bicyclic) bond motifs is 2. The molecule has 3 heterocycles. The number of benzene rings is 1. The smallest absolute Gasteiger partial charge is 0.243 e. The molecule has 2 N–H and O–H groups in total. The number of aryl methyl sites for hydroxylation is 3. The molecule has 6 nitrogen and oxygen atoms in total. The van der Waals surface area contributed by atoms with Crippen molar-refractivity contribution in [2.75, 3.05) is 0 Å². The lowest BCUT2D eigenvalue weighted by Gasteiger charge is -2.28. The first-order valence-electron chi connectivity index (χ1n) is 8.19. The predicted molar refractivity (Wildman–Crippen MR) is 98.9 cm³/mol. The quantitative estimate of drug-likeness (QED) is 0.632. The van der Waals surface area contributed by atoms with Gasteiger partial charge in [-0.25, -0.2) is 4.98 Å². The van der Waals surface area contributed by atoms with Gasteiger partial charge in [0.1, 0.15) is 11.1 Å². The summed E-state index contributed by atoms with van der Waals surface area (Å²) >= 11 is 6.55. The van der Waals surface area contributed by atoms with Crippen LogP contribution in [0.1, 0.15) is 33.9 Å². The first-order valence-corrected chi connectivity index (χ1v) is 8.57. The molecule has 1 aliphatic rings. The molecule has 0 saturated carbocycles. The highest BCUT2D eigenvalue weighted by atomic mass is 35.5. The Labute approximate surface area is 155 Å². The van der Waals surface area contributed by atoms with Gasteiger partial charge < -0.3 is 4.74 Å². The van der Waals surface area contributed by atoms with Crippen LogP contribution in [0.25, 0.3) is 10.9 Å². The van der Waals surface area contributed by atoms with Gasteiger partial charge in [0.2, 0.25) is 11.8 Å². The van der Waals surface area contributed by atoms with Gasteiger partial charge in [-0.3, -0.25) is 10.5 Å². The second kappa shape index (κ2) is 5.82. The van der Waals surface area contributed by atoms with Crippen molar-refractivity contribution in [3.63, 3.8) is 0 Å². The van der Waals surface area contributed by atoms with E-state index in [1.807, 2.05) is 39.0 Å². The maximum absolute atomic E-state index is 9.67. The average molecular weight is 366 g/mol. The molecule has 7 heteroatoms. The molecule has 0 bridgehead atoms. The number of hydrogen-bond acceptors (Lipinski definition) is 5. The molecule has 0 saturated heterocycles. The van der Waals surface area contributed by atoms with E-state index in [1.165, 1.54) is 0 Å². The van der Waals surface area contributed by atoms with E-state index >= 15 is 0 Å². The summed E-state index contributed by atoms with van der Waals surface area (Å²) in [6.07, 6.45) is 0. The SMILES string of the molecule is Cc1ccc2cc(C3c4c(n[nH]c4C)OC(=N)C3C#N)c(Cl)nc2c1C. The lowest BCUT2D eigenvalue weighted by Crippen LogP contribution is -2.31. The van der Waals surface area contributed by atoms with E-state index in [2.05, 4.69) is 21.3 Å². The van der Waals surface area contributed by atoms with Crippen molar-refractivity contribution in [1.82, 2.24) is 15.2 Å². The number of ether oxygens (including phenoxy) is 1. The van der Waals surface area contributed by atoms with Crippen molar-refractivity contribution in [2.45, 2.75) is 26.7 Å². The number of aromatic nitrogens is 3. The minimum absolute atomic E-state index is 0.132. The Morgan fingerprint density at radius 1 is 1.31 bits per heavy atom. The molecule has 2 aromatic heterocycles. The number of hydrogen-bond donors (Lipinski definition) is 2. The van der Waals surface area contributed by atoms with E-state index in [-0.39, 0.29) is 5.90 Å². The average Bonchev–Trinajstić information content (AvgIpc) is 2.98. The van der Waals surface area contributed by atoms with Crippen LogP contribution in [0.4, 0.5) is 0 Å². The van der Waals surface area contributed by atoms with Crippen molar-refractivity contribution < 1.29 is 4.74 Å². The molecule has 130 valence electrons. The highest BCUT2D eigenvalue weighted by Gasteiger charge is 2.41. The Hall–Kier alpha value is -2.91. The fourth-order valence-corrected chi connectivity index (χ4v) is 3.76. The van der Waals surface area contributed by atoms with Crippen molar-refractivity contribution in [3.8, 4) is 11.9 Å². The monoisotopic (exact) mass is 365 g/mol. The molecule has 0 fully saturated rings. The summed E-state index contributed by atoms with van der Waals surface area (Å²) in [6.45, 7) is 5.91. The molecular weight excluding hydrogens is 350 g/mol. The molecule has 3 aromatic rings. The van der Waals surface area contributed by atoms with Crippen LogP contribution in [0.3, 0.4) is 0 Å². The van der Waals surface area contributed by atoms with Gasteiger partial charge in [-0.05, 0) is 43.5 Å². The Morgan fingerprint density at radius 3 is 2.81 bits per heavy atom. The Kier molecular flexibility index (Phi) is 3.70. The Balaban J connectivity index is 2.00. The molecule has 0 spiro atoms. The number of aromatic amines is 1. The van der Waals surface area contributed by atoms with E-state index in [9.17, 15) is 5.26 Å². The van der Waals surface area contributed by atoms with Gasteiger partial charge in [0, 0.05) is 22.6 Å². The number of nitrogens with zero attached hydrogens (tertiary/aromatic N) is 3. The topological polar surface area (TPSA) is 98.4 Å². The molecule has 1 aliphatic heterocycles. The summed E-state index contributed by atoms with van der Waals surface area (Å²) in [4.78, 5) is 4.61. The zero-order chi connectivity index (χ0) is 18.6. The number of rotatable bonds is 1. The molecule has 0 amide bonds. The molecular formula is C19H16ClN5O. The maximum atomic E-state index is 9.67. The first-order chi connectivity index (χ1) is 12.4. The fraction of sp³-hybridized carbons (Fsp3) is 0.263. The van der Waals surface area contributed by atoms with Gasteiger partial charge in [-0.1, -0.05) is 23.7 Å². The summed E-state index contributed by atoms with van der Waals surface area (Å²) in [5.74, 6) is -1.06. The molecule has 2 unspecified atom stereocenters. The van der Waals surface area contributed by atoms with E-state index in [1.54, 1.807) is 0 Å². The standard InChI is InChI=1S/C19H16ClN5O/c1-8-4-5-11-6-12(17(20)23-16(11)9(8)2)15-13(7-21)18(22)26-19-14(15)10(3)24-25-19/h4-6,13,15,22H,1-3H3,(H,24,25). The minimum atomic E-state index is -0.790. The number of pyridine rings is 1. The van der Waals surface area contributed by atoms with E-state index in [0.29, 0.717) is 16.6 Å². The predicted octanol–water partition coefficient (Wildman–Crippen LogP) is 4.18. The summed E-state index contributed by atoms with van der Waals surface area (Å²) in [5, 5.41) is 26.0. The van der Waals surface area contributed by atoms with Crippen LogP contribution in [0.5, 0.6) is 5.88 Å². The van der Waals surface area contributed by atoms with Crippen molar-refractivity contribution >= 4 is 28.4 Å². The third-order valence-electron chi connectivity index (χ3n) is 5.06. The van der Waals surface area contributed by atoms with Crippen LogP contribution < -0.4 is 4.74 Å². The van der Waals surface area contributed by atoms with Crippen molar-refractivity contribution in [2.24, 2.45) is 5.92 Å². The highest BCUT2D eigenvalue weighted by Crippen LogP contribution is 2.45. The Bertz CT molecular complexity index is 1110. The first kappa shape index (κ1) is 16.6. The maximum Gasteiger partial charge on any atom is 0.243 e. The highest BCUT2D eigenvalue weighted by molar-refractivity contribution is 6.30. The number of H-pyrrole nitrogens is 1. The number of nitrogens with one attached hydrogen (secondary N) is 2. The molecule has 0 radical (unpaired) electrons. The van der Waals surface area contributed by atoms with Crippen LogP contribution in [-0.4, -0.2) is 21.1 Å². The van der Waals surface area contributed by atoms with Crippen molar-refractivity contribution in [3.05, 3.63) is 51.3 Å². The summed E-state index contributed by atoms with van der Waals surface area (Å²) in [7, 11) is 0. The Morgan fingerprint density at radius 2 is 2.08 bits per heavy atom. The van der Waals surface area contributed by atoms with Crippen LogP contribution in [0, 0.1) is 43.4 Å². The normalized spacial score (nSPS) is 19.1. The third kappa shape index (κ3) is 2.28. The van der Waals surface area contributed by atoms with Gasteiger partial charge in [-0.2, -0.15) is 5.26 Å². The van der Waals surface area contributed by atoms with Gasteiger partial charge >= 0.3 is 0 Å². The second-order valence-corrected chi connectivity index (χ2v) is 6.92. The van der Waals surface area contributed by atoms with Crippen molar-refractivity contribution in [1.29, 1.82) is 10.7 Å². The van der Waals surface area contributed by atoms with E-state index < -0.39 is 11.8 Å². The summed E-state index contributed by atoms with van der Waals surface area (Å²) < 4.78 is 5.43. The van der Waals surface area contributed by atoms with Gasteiger partial charge in [0.15, 0.2) is 0 Å². The van der Waals surface area contributed by atoms with E-state index in [0.717, 1.165) is 33.3 Å². The van der Waals surface area contributed by atoms with Crippen LogP contribution >= 0.6 is 11.6 Å². The molecule has 4 rings (SSSR count). The molecule has 1 aromatic carbocycles. The van der Waals surface area contributed by atoms with E-state index in [4.69, 9.17) is 21.7 Å². The van der Waals surface area contributed by atoms with Crippen LogP contribution in [0.15, 0.2) is 18.2 Å². The fourth-order valence-electron chi connectivity index (χ4n) is 3.51. The van der Waals surface area contributed by atoms with Gasteiger partial charge in [0.05, 0.1) is 11.6 Å².